The third-order valence-corrected chi connectivity index (χ3v) is 3.66. The number of hydrogen-bond acceptors (Lipinski definition) is 2. The Morgan fingerprint density at radius 2 is 1.78 bits per heavy atom. The summed E-state index contributed by atoms with van der Waals surface area (Å²) in [7, 11) is 0. The molecule has 3 unspecified atom stereocenters. The highest BCUT2D eigenvalue weighted by Crippen LogP contribution is 2.32. The molecule has 3 nitrogen and oxygen atoms in total. The van der Waals surface area contributed by atoms with E-state index in [4.69, 9.17) is 10.8 Å². The van der Waals surface area contributed by atoms with Gasteiger partial charge in [0.05, 0.1) is 0 Å². The Morgan fingerprint density at radius 3 is 2.11 bits per heavy atom. The van der Waals surface area contributed by atoms with Crippen LogP contribution in [0.2, 0.25) is 0 Å². The third kappa shape index (κ3) is 4.88. The first kappa shape index (κ1) is 14.7. The Labute approximate surface area is 109 Å². The Kier molecular flexibility index (Phi) is 5.86. The summed E-state index contributed by atoms with van der Waals surface area (Å²) >= 11 is 0. The van der Waals surface area contributed by atoms with Gasteiger partial charge in [-0.1, -0.05) is 57.0 Å². The van der Waals surface area contributed by atoms with Gasteiger partial charge in [0.15, 0.2) is 0 Å². The van der Waals surface area contributed by atoms with Crippen LogP contribution in [0.15, 0.2) is 30.3 Å². The maximum atomic E-state index is 10.4. The van der Waals surface area contributed by atoms with Gasteiger partial charge in [-0.3, -0.25) is 4.79 Å². The molecule has 3 heteroatoms. The van der Waals surface area contributed by atoms with Crippen LogP contribution in [0.25, 0.3) is 0 Å². The molecule has 0 spiro atoms. The quantitative estimate of drug-likeness (QED) is 0.865. The lowest BCUT2D eigenvalue weighted by atomic mass is 9.77. The molecule has 0 bridgehead atoms. The summed E-state index contributed by atoms with van der Waals surface area (Å²) in [5, 5.41) is 8.52. The van der Waals surface area contributed by atoms with Gasteiger partial charge in [-0.25, -0.2) is 0 Å². The van der Waals surface area contributed by atoms with Crippen LogP contribution < -0.4 is 5.73 Å². The fourth-order valence-corrected chi connectivity index (χ4v) is 1.79. The minimum absolute atomic E-state index is 0.385. The topological polar surface area (TPSA) is 63.3 Å². The fourth-order valence-electron chi connectivity index (χ4n) is 1.79. The van der Waals surface area contributed by atoms with Crippen molar-refractivity contribution in [1.82, 2.24) is 0 Å². The zero-order valence-corrected chi connectivity index (χ0v) is 11.2. The fraction of sp³-hybridized carbons (Fsp3) is 0.533. The highest BCUT2D eigenvalue weighted by Gasteiger charge is 2.20. The average molecular weight is 249 g/mol. The summed E-state index contributed by atoms with van der Waals surface area (Å²) in [4.78, 5) is 10.4. The monoisotopic (exact) mass is 249 g/mol. The van der Waals surface area contributed by atoms with Crippen LogP contribution >= 0.6 is 0 Å². The molecule has 1 aliphatic carbocycles. The van der Waals surface area contributed by atoms with E-state index >= 15 is 0 Å². The molecule has 0 aromatic heterocycles. The van der Waals surface area contributed by atoms with Gasteiger partial charge >= 0.3 is 5.97 Å². The first-order valence-electron chi connectivity index (χ1n) is 6.53. The van der Waals surface area contributed by atoms with Crippen LogP contribution in [0.4, 0.5) is 0 Å². The van der Waals surface area contributed by atoms with Gasteiger partial charge in [-0.15, -0.1) is 0 Å². The highest BCUT2D eigenvalue weighted by atomic mass is 16.4. The van der Waals surface area contributed by atoms with Crippen LogP contribution in [0, 0.1) is 11.8 Å². The number of rotatable bonds is 3. The molecular formula is C15H23NO2. The molecule has 0 radical (unpaired) electrons. The van der Waals surface area contributed by atoms with Crippen molar-refractivity contribution >= 4 is 5.97 Å². The van der Waals surface area contributed by atoms with Gasteiger partial charge in [0.2, 0.25) is 0 Å². The van der Waals surface area contributed by atoms with Gasteiger partial charge in [0, 0.05) is 0 Å². The summed E-state index contributed by atoms with van der Waals surface area (Å²) in [5.74, 6) is 1.11. The minimum atomic E-state index is -0.959. The lowest BCUT2D eigenvalue weighted by Gasteiger charge is -2.29. The second-order valence-electron chi connectivity index (χ2n) is 5.17. The maximum absolute atomic E-state index is 10.4. The van der Waals surface area contributed by atoms with Gasteiger partial charge in [0.25, 0.3) is 0 Å². The number of carboxylic acids is 1. The Balaban J connectivity index is 0.000000225. The largest absolute Gasteiger partial charge is 0.480 e. The SMILES string of the molecule is CC1CCC1C.NC(Cc1ccccc1)C(=O)O. The lowest BCUT2D eigenvalue weighted by Crippen LogP contribution is -2.32. The van der Waals surface area contributed by atoms with Gasteiger partial charge in [-0.2, -0.15) is 0 Å². The Bertz CT molecular complexity index is 356. The molecule has 2 rings (SSSR count). The minimum Gasteiger partial charge on any atom is -0.480 e. The van der Waals surface area contributed by atoms with E-state index in [2.05, 4.69) is 13.8 Å². The smallest absolute Gasteiger partial charge is 0.320 e. The molecule has 0 heterocycles. The molecule has 0 amide bonds. The Morgan fingerprint density at radius 1 is 1.28 bits per heavy atom. The molecule has 1 aromatic rings. The van der Waals surface area contributed by atoms with Gasteiger partial charge < -0.3 is 10.8 Å². The molecule has 1 saturated carbocycles. The zero-order valence-electron chi connectivity index (χ0n) is 11.2. The third-order valence-electron chi connectivity index (χ3n) is 3.66. The molecule has 1 aromatic carbocycles. The van der Waals surface area contributed by atoms with E-state index in [1.54, 1.807) is 0 Å². The van der Waals surface area contributed by atoms with Crippen LogP contribution in [0.5, 0.6) is 0 Å². The van der Waals surface area contributed by atoms with Crippen molar-refractivity contribution < 1.29 is 9.90 Å². The van der Waals surface area contributed by atoms with E-state index in [1.165, 1.54) is 12.8 Å². The van der Waals surface area contributed by atoms with E-state index in [-0.39, 0.29) is 0 Å². The van der Waals surface area contributed by atoms with E-state index in [9.17, 15) is 4.79 Å². The molecule has 0 aliphatic heterocycles. The van der Waals surface area contributed by atoms with Crippen LogP contribution in [-0.2, 0) is 11.2 Å². The number of nitrogens with two attached hydrogens (primary N) is 1. The normalized spacial score (nSPS) is 23.3. The number of aliphatic carboxylic acids is 1. The molecule has 18 heavy (non-hydrogen) atoms. The van der Waals surface area contributed by atoms with Crippen molar-refractivity contribution in [2.75, 3.05) is 0 Å². The number of benzene rings is 1. The number of hydrogen-bond donors (Lipinski definition) is 2. The molecule has 0 saturated heterocycles. The van der Waals surface area contributed by atoms with Crippen molar-refractivity contribution in [1.29, 1.82) is 0 Å². The summed E-state index contributed by atoms with van der Waals surface area (Å²) in [6.07, 6.45) is 3.33. The summed E-state index contributed by atoms with van der Waals surface area (Å²) in [6, 6.07) is 8.54. The molecule has 3 atom stereocenters. The van der Waals surface area contributed by atoms with Crippen molar-refractivity contribution in [3.8, 4) is 0 Å². The molecule has 3 N–H and O–H groups in total. The highest BCUT2D eigenvalue weighted by molar-refractivity contribution is 5.73. The van der Waals surface area contributed by atoms with Crippen LogP contribution in [0.3, 0.4) is 0 Å². The average Bonchev–Trinajstić information content (AvgIpc) is 2.38. The van der Waals surface area contributed by atoms with E-state index in [0.29, 0.717) is 6.42 Å². The Hall–Kier alpha value is -1.35. The molecule has 1 aliphatic rings. The van der Waals surface area contributed by atoms with Crippen LogP contribution in [-0.4, -0.2) is 17.1 Å². The lowest BCUT2D eigenvalue weighted by molar-refractivity contribution is -0.138. The molecular weight excluding hydrogens is 226 g/mol. The second-order valence-corrected chi connectivity index (χ2v) is 5.17. The van der Waals surface area contributed by atoms with Gasteiger partial charge in [-0.05, 0) is 23.8 Å². The first-order chi connectivity index (χ1) is 8.50. The second kappa shape index (κ2) is 7.17. The van der Waals surface area contributed by atoms with Crippen LogP contribution in [0.1, 0.15) is 32.3 Å². The van der Waals surface area contributed by atoms with Gasteiger partial charge in [0.1, 0.15) is 6.04 Å². The maximum Gasteiger partial charge on any atom is 0.320 e. The first-order valence-corrected chi connectivity index (χ1v) is 6.53. The van der Waals surface area contributed by atoms with Crippen molar-refractivity contribution in [3.05, 3.63) is 35.9 Å². The molecule has 100 valence electrons. The van der Waals surface area contributed by atoms with E-state index in [0.717, 1.165) is 17.4 Å². The number of carbonyl (C=O) groups is 1. The summed E-state index contributed by atoms with van der Waals surface area (Å²) in [6.45, 7) is 4.66. The zero-order chi connectivity index (χ0) is 13.5. The predicted octanol–water partition coefficient (Wildman–Crippen LogP) is 2.69. The predicted molar refractivity (Wildman–Crippen MR) is 73.3 cm³/mol. The van der Waals surface area contributed by atoms with Crippen molar-refractivity contribution in [2.24, 2.45) is 17.6 Å². The molecule has 1 fully saturated rings. The standard InChI is InChI=1S/C9H11NO2.C6H12/c10-8(9(11)12)6-7-4-2-1-3-5-7;1-5-3-4-6(5)2/h1-5,8H,6,10H2,(H,11,12);5-6H,3-4H2,1-2H3. The van der Waals surface area contributed by atoms with Crippen molar-refractivity contribution in [2.45, 2.75) is 39.2 Å². The number of carboxylic acid groups (broad SMARTS) is 1. The van der Waals surface area contributed by atoms with Crippen molar-refractivity contribution in [3.63, 3.8) is 0 Å². The summed E-state index contributed by atoms with van der Waals surface area (Å²) < 4.78 is 0. The summed E-state index contributed by atoms with van der Waals surface area (Å²) in [5.41, 5.74) is 6.30. The van der Waals surface area contributed by atoms with E-state index in [1.807, 2.05) is 30.3 Å². The van der Waals surface area contributed by atoms with E-state index < -0.39 is 12.0 Å².